The molecule has 7 nitrogen and oxygen atoms in total. The molecule has 2 aliphatic rings. The summed E-state index contributed by atoms with van der Waals surface area (Å²) in [6.45, 7) is 4.70. The topological polar surface area (TPSA) is 61.7 Å². The fourth-order valence-corrected chi connectivity index (χ4v) is 4.71. The number of carbonyl (C=O) groups is 2. The van der Waals surface area contributed by atoms with Crippen LogP contribution in [0.5, 0.6) is 0 Å². The standard InChI is InChI=1S/C28H30FN5O2/c29-24-11-8-22(9-12-24)28-23(20-34(30-28)25-6-2-1-3-7-25)10-13-26(35)33-18-16-31(17-19-33)21-27(36)32-14-4-5-15-32/h1-3,6-13,20H,4-5,14-19,21H2/b13-10+. The zero-order valence-corrected chi connectivity index (χ0v) is 20.2. The largest absolute Gasteiger partial charge is 0.342 e. The number of nitrogens with zero attached hydrogens (tertiary/aromatic N) is 5. The van der Waals surface area contributed by atoms with E-state index in [0.717, 1.165) is 42.7 Å². The van der Waals surface area contributed by atoms with Gasteiger partial charge < -0.3 is 9.80 Å². The normalized spacial score (nSPS) is 16.7. The van der Waals surface area contributed by atoms with Crippen molar-refractivity contribution in [3.05, 3.63) is 78.3 Å². The lowest BCUT2D eigenvalue weighted by Gasteiger charge is -2.34. The minimum atomic E-state index is -0.310. The number of hydrogen-bond acceptors (Lipinski definition) is 4. The number of likely N-dealkylation sites (tertiary alicyclic amines) is 1. The molecule has 2 saturated heterocycles. The van der Waals surface area contributed by atoms with Crippen molar-refractivity contribution in [2.45, 2.75) is 12.8 Å². The third-order valence-electron chi connectivity index (χ3n) is 6.79. The summed E-state index contributed by atoms with van der Waals surface area (Å²) < 4.78 is 15.3. The molecule has 0 bridgehead atoms. The monoisotopic (exact) mass is 487 g/mol. The lowest BCUT2D eigenvalue weighted by molar-refractivity contribution is -0.132. The minimum Gasteiger partial charge on any atom is -0.342 e. The van der Waals surface area contributed by atoms with Crippen molar-refractivity contribution in [3.63, 3.8) is 0 Å². The zero-order chi connectivity index (χ0) is 24.9. The number of aromatic nitrogens is 2. The van der Waals surface area contributed by atoms with Gasteiger partial charge in [-0.1, -0.05) is 18.2 Å². The van der Waals surface area contributed by atoms with E-state index in [1.807, 2.05) is 46.3 Å². The van der Waals surface area contributed by atoms with Crippen molar-refractivity contribution in [2.75, 3.05) is 45.8 Å². The predicted molar refractivity (Wildman–Crippen MR) is 137 cm³/mol. The van der Waals surface area contributed by atoms with Crippen LogP contribution in [0.15, 0.2) is 66.9 Å². The van der Waals surface area contributed by atoms with E-state index in [4.69, 9.17) is 5.10 Å². The van der Waals surface area contributed by atoms with Crippen LogP contribution in [0.2, 0.25) is 0 Å². The Bertz CT molecular complexity index is 1220. The van der Waals surface area contributed by atoms with Gasteiger partial charge in [0.15, 0.2) is 0 Å². The van der Waals surface area contributed by atoms with Gasteiger partial charge in [0.2, 0.25) is 11.8 Å². The molecule has 3 aromatic rings. The molecule has 0 aliphatic carbocycles. The van der Waals surface area contributed by atoms with Gasteiger partial charge in [-0.15, -0.1) is 0 Å². The van der Waals surface area contributed by atoms with Gasteiger partial charge in [-0.25, -0.2) is 9.07 Å². The van der Waals surface area contributed by atoms with Crippen molar-refractivity contribution < 1.29 is 14.0 Å². The Morgan fingerprint density at radius 1 is 0.861 bits per heavy atom. The Morgan fingerprint density at radius 3 is 2.25 bits per heavy atom. The summed E-state index contributed by atoms with van der Waals surface area (Å²) in [7, 11) is 0. The summed E-state index contributed by atoms with van der Waals surface area (Å²) in [6.07, 6.45) is 7.40. The fraction of sp³-hybridized carbons (Fsp3) is 0.321. The molecule has 2 amide bonds. The summed E-state index contributed by atoms with van der Waals surface area (Å²) in [5, 5.41) is 4.72. The van der Waals surface area contributed by atoms with Crippen molar-refractivity contribution >= 4 is 17.9 Å². The van der Waals surface area contributed by atoms with Gasteiger partial charge in [-0.2, -0.15) is 5.10 Å². The van der Waals surface area contributed by atoms with Crippen LogP contribution in [-0.4, -0.2) is 82.1 Å². The van der Waals surface area contributed by atoms with Crippen LogP contribution in [0.25, 0.3) is 23.0 Å². The lowest BCUT2D eigenvalue weighted by Crippen LogP contribution is -2.51. The molecule has 2 fully saturated rings. The van der Waals surface area contributed by atoms with Crippen LogP contribution >= 0.6 is 0 Å². The second kappa shape index (κ2) is 10.9. The number of halogens is 1. The average molecular weight is 488 g/mol. The highest BCUT2D eigenvalue weighted by atomic mass is 19.1. The van der Waals surface area contributed by atoms with Gasteiger partial charge in [0.05, 0.1) is 17.9 Å². The maximum absolute atomic E-state index is 13.5. The molecule has 36 heavy (non-hydrogen) atoms. The van der Waals surface area contributed by atoms with Crippen LogP contribution < -0.4 is 0 Å². The Morgan fingerprint density at radius 2 is 1.56 bits per heavy atom. The first-order valence-electron chi connectivity index (χ1n) is 12.4. The first-order valence-corrected chi connectivity index (χ1v) is 12.4. The average Bonchev–Trinajstić information content (AvgIpc) is 3.60. The second-order valence-corrected chi connectivity index (χ2v) is 9.24. The first kappa shape index (κ1) is 23.9. The van der Waals surface area contributed by atoms with Crippen molar-refractivity contribution in [1.29, 1.82) is 0 Å². The van der Waals surface area contributed by atoms with E-state index in [2.05, 4.69) is 4.90 Å². The summed E-state index contributed by atoms with van der Waals surface area (Å²) >= 11 is 0. The van der Waals surface area contributed by atoms with E-state index in [1.165, 1.54) is 12.1 Å². The maximum atomic E-state index is 13.5. The predicted octanol–water partition coefficient (Wildman–Crippen LogP) is 3.46. The van der Waals surface area contributed by atoms with Crippen LogP contribution in [0, 0.1) is 5.82 Å². The van der Waals surface area contributed by atoms with Gasteiger partial charge >= 0.3 is 0 Å². The van der Waals surface area contributed by atoms with Crippen LogP contribution in [-0.2, 0) is 9.59 Å². The Hall–Kier alpha value is -3.78. The smallest absolute Gasteiger partial charge is 0.246 e. The molecule has 2 aliphatic heterocycles. The van der Waals surface area contributed by atoms with E-state index < -0.39 is 0 Å². The highest BCUT2D eigenvalue weighted by molar-refractivity contribution is 5.93. The Balaban J connectivity index is 1.26. The quantitative estimate of drug-likeness (QED) is 0.500. The summed E-state index contributed by atoms with van der Waals surface area (Å²) in [6, 6.07) is 15.9. The molecule has 2 aromatic carbocycles. The zero-order valence-electron chi connectivity index (χ0n) is 20.2. The van der Waals surface area contributed by atoms with Crippen LogP contribution in [0.4, 0.5) is 4.39 Å². The van der Waals surface area contributed by atoms with Crippen LogP contribution in [0.1, 0.15) is 18.4 Å². The molecule has 0 atom stereocenters. The van der Waals surface area contributed by atoms with Crippen molar-refractivity contribution in [3.8, 4) is 16.9 Å². The molecule has 0 spiro atoms. The Labute approximate surface area is 210 Å². The first-order chi connectivity index (χ1) is 17.6. The third kappa shape index (κ3) is 5.54. The van der Waals surface area contributed by atoms with Gasteiger partial charge in [0, 0.05) is 62.7 Å². The molecule has 0 unspecified atom stereocenters. The molecule has 1 aromatic heterocycles. The number of amides is 2. The summed E-state index contributed by atoms with van der Waals surface area (Å²) in [5.41, 5.74) is 3.11. The summed E-state index contributed by atoms with van der Waals surface area (Å²) in [5.74, 6) is -0.191. The molecule has 3 heterocycles. The number of hydrogen-bond donors (Lipinski definition) is 0. The van der Waals surface area contributed by atoms with E-state index >= 15 is 0 Å². The number of carbonyl (C=O) groups excluding carboxylic acids is 2. The van der Waals surface area contributed by atoms with Gasteiger partial charge in [0.1, 0.15) is 5.82 Å². The second-order valence-electron chi connectivity index (χ2n) is 9.24. The van der Waals surface area contributed by atoms with E-state index in [0.29, 0.717) is 38.4 Å². The van der Waals surface area contributed by atoms with Crippen molar-refractivity contribution in [2.24, 2.45) is 0 Å². The number of benzene rings is 2. The number of piperazine rings is 1. The highest BCUT2D eigenvalue weighted by Crippen LogP contribution is 2.25. The van der Waals surface area contributed by atoms with E-state index in [-0.39, 0.29) is 17.6 Å². The summed E-state index contributed by atoms with van der Waals surface area (Å²) in [4.78, 5) is 31.3. The molecule has 186 valence electrons. The molecule has 0 radical (unpaired) electrons. The fourth-order valence-electron chi connectivity index (χ4n) is 4.71. The maximum Gasteiger partial charge on any atom is 0.246 e. The van der Waals surface area contributed by atoms with Gasteiger partial charge in [-0.3, -0.25) is 14.5 Å². The third-order valence-corrected chi connectivity index (χ3v) is 6.79. The lowest BCUT2D eigenvalue weighted by atomic mass is 10.1. The SMILES string of the molecule is O=C(/C=C/c1cn(-c2ccccc2)nc1-c1ccc(F)cc1)N1CCN(CC(=O)N2CCCC2)CC1. The van der Waals surface area contributed by atoms with E-state index in [9.17, 15) is 14.0 Å². The number of rotatable bonds is 6. The molecule has 0 saturated carbocycles. The van der Waals surface area contributed by atoms with Gasteiger partial charge in [0.25, 0.3) is 0 Å². The highest BCUT2D eigenvalue weighted by Gasteiger charge is 2.24. The van der Waals surface area contributed by atoms with Gasteiger partial charge in [-0.05, 0) is 55.3 Å². The Kier molecular flexibility index (Phi) is 7.23. The van der Waals surface area contributed by atoms with Crippen LogP contribution in [0.3, 0.4) is 0 Å². The molecule has 8 heteroatoms. The van der Waals surface area contributed by atoms with E-state index in [1.54, 1.807) is 29.0 Å². The number of para-hydroxylation sites is 1. The molecular weight excluding hydrogens is 457 g/mol. The molecular formula is C28H30FN5O2. The molecule has 0 N–H and O–H groups in total. The van der Waals surface area contributed by atoms with Crippen molar-refractivity contribution in [1.82, 2.24) is 24.5 Å². The molecule has 5 rings (SSSR count). The minimum absolute atomic E-state index is 0.0713.